The lowest BCUT2D eigenvalue weighted by Gasteiger charge is -2.10. The standard InChI is InChI=1S/C12H16N2O4S/c1-7-5-10(7)14-12(15)9-6-8(19(13,16)17)3-4-11(9)18-2/h3-4,6-7,10H,5H2,1-2H3,(H,14,15)(H2,13,16,17). The number of nitrogens with two attached hydrogens (primary N) is 1. The fourth-order valence-electron chi connectivity index (χ4n) is 1.81. The van der Waals surface area contributed by atoms with Crippen LogP contribution in [-0.4, -0.2) is 27.5 Å². The van der Waals surface area contributed by atoms with E-state index in [4.69, 9.17) is 9.88 Å². The molecule has 104 valence electrons. The maximum absolute atomic E-state index is 12.1. The molecule has 0 radical (unpaired) electrons. The second-order valence-corrected chi connectivity index (χ2v) is 6.26. The number of amides is 1. The van der Waals surface area contributed by atoms with Gasteiger partial charge in [-0.1, -0.05) is 6.92 Å². The molecule has 6 nitrogen and oxygen atoms in total. The molecule has 0 aromatic heterocycles. The van der Waals surface area contributed by atoms with Gasteiger partial charge in [-0.25, -0.2) is 13.6 Å². The Balaban J connectivity index is 2.33. The van der Waals surface area contributed by atoms with Gasteiger partial charge in [0.05, 0.1) is 17.6 Å². The van der Waals surface area contributed by atoms with E-state index in [1.807, 2.05) is 6.92 Å². The fourth-order valence-corrected chi connectivity index (χ4v) is 2.35. The first kappa shape index (κ1) is 13.8. The highest BCUT2D eigenvalue weighted by Gasteiger charge is 2.34. The maximum atomic E-state index is 12.1. The van der Waals surface area contributed by atoms with Crippen molar-refractivity contribution in [1.29, 1.82) is 0 Å². The number of hydrogen-bond acceptors (Lipinski definition) is 4. The second kappa shape index (κ2) is 4.82. The van der Waals surface area contributed by atoms with Gasteiger partial charge >= 0.3 is 0 Å². The fraction of sp³-hybridized carbons (Fsp3) is 0.417. The third-order valence-corrected chi connectivity index (χ3v) is 4.08. The predicted octanol–water partition coefficient (Wildman–Crippen LogP) is 0.481. The molecule has 1 aromatic carbocycles. The number of nitrogens with one attached hydrogen (secondary N) is 1. The van der Waals surface area contributed by atoms with E-state index in [0.29, 0.717) is 11.7 Å². The first-order valence-electron chi connectivity index (χ1n) is 5.84. The molecule has 19 heavy (non-hydrogen) atoms. The van der Waals surface area contributed by atoms with Crippen molar-refractivity contribution >= 4 is 15.9 Å². The van der Waals surface area contributed by atoms with E-state index in [0.717, 1.165) is 6.42 Å². The number of carbonyl (C=O) groups is 1. The van der Waals surface area contributed by atoms with Crippen LogP contribution in [0, 0.1) is 5.92 Å². The maximum Gasteiger partial charge on any atom is 0.255 e. The van der Waals surface area contributed by atoms with Crippen LogP contribution in [0.4, 0.5) is 0 Å². The van der Waals surface area contributed by atoms with Crippen molar-refractivity contribution in [1.82, 2.24) is 5.32 Å². The van der Waals surface area contributed by atoms with E-state index in [9.17, 15) is 13.2 Å². The minimum absolute atomic E-state index is 0.109. The van der Waals surface area contributed by atoms with Crippen LogP contribution in [0.5, 0.6) is 5.75 Å². The zero-order chi connectivity index (χ0) is 14.2. The van der Waals surface area contributed by atoms with Crippen molar-refractivity contribution in [3.05, 3.63) is 23.8 Å². The van der Waals surface area contributed by atoms with Crippen molar-refractivity contribution in [3.63, 3.8) is 0 Å². The number of rotatable bonds is 4. The SMILES string of the molecule is COc1ccc(S(N)(=O)=O)cc1C(=O)NC1CC1C. The van der Waals surface area contributed by atoms with Crippen LogP contribution < -0.4 is 15.2 Å². The Kier molecular flexibility index (Phi) is 3.51. The molecule has 2 rings (SSSR count). The van der Waals surface area contributed by atoms with Gasteiger partial charge < -0.3 is 10.1 Å². The molecule has 1 aliphatic rings. The van der Waals surface area contributed by atoms with Crippen LogP contribution >= 0.6 is 0 Å². The molecule has 1 aromatic rings. The number of methoxy groups -OCH3 is 1. The Morgan fingerprint density at radius 3 is 2.58 bits per heavy atom. The summed E-state index contributed by atoms with van der Waals surface area (Å²) in [6, 6.07) is 4.11. The van der Waals surface area contributed by atoms with E-state index in [2.05, 4.69) is 5.32 Å². The summed E-state index contributed by atoms with van der Waals surface area (Å²) in [6.07, 6.45) is 0.933. The molecular formula is C12H16N2O4S. The Morgan fingerprint density at radius 1 is 1.47 bits per heavy atom. The highest BCUT2D eigenvalue weighted by Crippen LogP contribution is 2.30. The van der Waals surface area contributed by atoms with Crippen molar-refractivity contribution in [3.8, 4) is 5.75 Å². The summed E-state index contributed by atoms with van der Waals surface area (Å²) in [4.78, 5) is 12.0. The van der Waals surface area contributed by atoms with Gasteiger partial charge in [0, 0.05) is 6.04 Å². The molecule has 2 atom stereocenters. The molecule has 1 aliphatic carbocycles. The molecule has 0 heterocycles. The Bertz CT molecular complexity index is 612. The van der Waals surface area contributed by atoms with Crippen molar-refractivity contribution in [2.24, 2.45) is 11.1 Å². The van der Waals surface area contributed by atoms with Gasteiger partial charge in [-0.05, 0) is 30.5 Å². The molecule has 1 saturated carbocycles. The van der Waals surface area contributed by atoms with Gasteiger partial charge in [0.15, 0.2) is 0 Å². The molecule has 3 N–H and O–H groups in total. The average Bonchev–Trinajstić information content (AvgIpc) is 3.02. The van der Waals surface area contributed by atoms with Crippen LogP contribution in [0.3, 0.4) is 0 Å². The molecule has 0 spiro atoms. The molecule has 0 bridgehead atoms. The van der Waals surface area contributed by atoms with Crippen molar-refractivity contribution in [2.45, 2.75) is 24.3 Å². The lowest BCUT2D eigenvalue weighted by atomic mass is 10.2. The summed E-state index contributed by atoms with van der Waals surface area (Å²) in [6.45, 7) is 2.03. The third-order valence-electron chi connectivity index (χ3n) is 3.17. The molecule has 0 aliphatic heterocycles. The third kappa shape index (κ3) is 3.05. The smallest absolute Gasteiger partial charge is 0.255 e. The normalized spacial score (nSPS) is 21.8. The lowest BCUT2D eigenvalue weighted by molar-refractivity contribution is 0.0946. The largest absolute Gasteiger partial charge is 0.496 e. The first-order valence-corrected chi connectivity index (χ1v) is 7.39. The van der Waals surface area contributed by atoms with Gasteiger partial charge in [-0.2, -0.15) is 0 Å². The van der Waals surface area contributed by atoms with Crippen LogP contribution in [-0.2, 0) is 10.0 Å². The van der Waals surface area contributed by atoms with E-state index >= 15 is 0 Å². The summed E-state index contributed by atoms with van der Waals surface area (Å²) < 4.78 is 27.7. The summed E-state index contributed by atoms with van der Waals surface area (Å²) in [5, 5.41) is 7.87. The number of carbonyl (C=O) groups excluding carboxylic acids is 1. The van der Waals surface area contributed by atoms with Gasteiger partial charge in [0.25, 0.3) is 5.91 Å². The van der Waals surface area contributed by atoms with Crippen LogP contribution in [0.15, 0.2) is 23.1 Å². The van der Waals surface area contributed by atoms with E-state index in [1.54, 1.807) is 0 Å². The zero-order valence-corrected chi connectivity index (χ0v) is 11.5. The number of hydrogen-bond donors (Lipinski definition) is 2. The average molecular weight is 284 g/mol. The van der Waals surface area contributed by atoms with Crippen molar-refractivity contribution < 1.29 is 17.9 Å². The predicted molar refractivity (Wildman–Crippen MR) is 69.4 cm³/mol. The van der Waals surface area contributed by atoms with E-state index < -0.39 is 10.0 Å². The Labute approximate surface area is 112 Å². The first-order chi connectivity index (χ1) is 8.82. The topological polar surface area (TPSA) is 98.5 Å². The summed E-state index contributed by atoms with van der Waals surface area (Å²) in [7, 11) is -2.42. The number of ether oxygens (including phenoxy) is 1. The molecule has 1 fully saturated rings. The monoisotopic (exact) mass is 284 g/mol. The van der Waals surface area contributed by atoms with Gasteiger partial charge in [0.2, 0.25) is 10.0 Å². The van der Waals surface area contributed by atoms with E-state index in [-0.39, 0.29) is 22.4 Å². The zero-order valence-electron chi connectivity index (χ0n) is 10.7. The minimum Gasteiger partial charge on any atom is -0.496 e. The highest BCUT2D eigenvalue weighted by atomic mass is 32.2. The van der Waals surface area contributed by atoms with Crippen LogP contribution in [0.2, 0.25) is 0 Å². The van der Waals surface area contributed by atoms with Crippen molar-refractivity contribution in [2.75, 3.05) is 7.11 Å². The molecule has 7 heteroatoms. The van der Waals surface area contributed by atoms with Crippen LogP contribution in [0.1, 0.15) is 23.7 Å². The number of sulfonamides is 1. The number of primary sulfonamides is 1. The quantitative estimate of drug-likeness (QED) is 0.840. The van der Waals surface area contributed by atoms with Crippen LogP contribution in [0.25, 0.3) is 0 Å². The van der Waals surface area contributed by atoms with Gasteiger partial charge in [-0.15, -0.1) is 0 Å². The van der Waals surface area contributed by atoms with Gasteiger partial charge in [-0.3, -0.25) is 4.79 Å². The highest BCUT2D eigenvalue weighted by molar-refractivity contribution is 7.89. The second-order valence-electron chi connectivity index (χ2n) is 4.70. The Morgan fingerprint density at radius 2 is 2.11 bits per heavy atom. The minimum atomic E-state index is -3.84. The molecule has 1 amide bonds. The summed E-state index contributed by atoms with van der Waals surface area (Å²) in [5.74, 6) is 0.422. The molecular weight excluding hydrogens is 268 g/mol. The van der Waals surface area contributed by atoms with E-state index in [1.165, 1.54) is 25.3 Å². The molecule has 2 unspecified atom stereocenters. The molecule has 0 saturated heterocycles. The summed E-state index contributed by atoms with van der Waals surface area (Å²) >= 11 is 0. The lowest BCUT2D eigenvalue weighted by Crippen LogP contribution is -2.27. The Hall–Kier alpha value is -1.60. The summed E-state index contributed by atoms with van der Waals surface area (Å²) in [5.41, 5.74) is 0.174. The van der Waals surface area contributed by atoms with Gasteiger partial charge in [0.1, 0.15) is 5.75 Å². The number of benzene rings is 1.